The zero-order chi connectivity index (χ0) is 18.8. The molecule has 2 aromatic rings. The maximum atomic E-state index is 12.9. The zero-order valence-electron chi connectivity index (χ0n) is 15.5. The van der Waals surface area contributed by atoms with Crippen LogP contribution in [0.25, 0.3) is 0 Å². The fraction of sp³-hybridized carbons (Fsp3) is 0.429. The van der Waals surface area contributed by atoms with Crippen molar-refractivity contribution in [3.05, 3.63) is 58.8 Å². The van der Waals surface area contributed by atoms with Crippen LogP contribution in [0.3, 0.4) is 0 Å². The maximum absolute atomic E-state index is 12.9. The van der Waals surface area contributed by atoms with Crippen LogP contribution in [0.4, 0.5) is 10.5 Å². The van der Waals surface area contributed by atoms with E-state index in [1.807, 2.05) is 54.7 Å². The third kappa shape index (κ3) is 4.01. The summed E-state index contributed by atoms with van der Waals surface area (Å²) in [7, 11) is 1.94. The van der Waals surface area contributed by atoms with Crippen molar-refractivity contribution < 1.29 is 4.79 Å². The average Bonchev–Trinajstić information content (AvgIpc) is 2.71. The van der Waals surface area contributed by atoms with Gasteiger partial charge in [0.05, 0.1) is 6.04 Å². The van der Waals surface area contributed by atoms with Gasteiger partial charge in [0.2, 0.25) is 0 Å². The van der Waals surface area contributed by atoms with E-state index >= 15 is 0 Å². The average molecular weight is 429 g/mol. The van der Waals surface area contributed by atoms with Gasteiger partial charge in [0.1, 0.15) is 0 Å². The molecule has 5 nitrogen and oxygen atoms in total. The highest BCUT2D eigenvalue weighted by Gasteiger charge is 2.45. The summed E-state index contributed by atoms with van der Waals surface area (Å²) in [5.41, 5.74) is 2.06. The van der Waals surface area contributed by atoms with E-state index < -0.39 is 0 Å². The Morgan fingerprint density at radius 3 is 2.67 bits per heavy atom. The van der Waals surface area contributed by atoms with Gasteiger partial charge >= 0.3 is 6.03 Å². The minimum Gasteiger partial charge on any atom is -0.323 e. The predicted molar refractivity (Wildman–Crippen MR) is 111 cm³/mol. The summed E-state index contributed by atoms with van der Waals surface area (Å²) in [6, 6.07) is 12.4. The number of urea groups is 1. The van der Waals surface area contributed by atoms with E-state index in [-0.39, 0.29) is 12.1 Å². The van der Waals surface area contributed by atoms with Crippen molar-refractivity contribution in [1.82, 2.24) is 14.8 Å². The van der Waals surface area contributed by atoms with Crippen molar-refractivity contribution in [2.24, 2.45) is 5.92 Å². The quantitative estimate of drug-likeness (QED) is 0.799. The fourth-order valence-corrected chi connectivity index (χ4v) is 4.85. The number of hydrogen-bond acceptors (Lipinski definition) is 3. The molecule has 2 unspecified atom stereocenters. The van der Waals surface area contributed by atoms with Crippen molar-refractivity contribution in [3.8, 4) is 0 Å². The molecule has 1 aromatic heterocycles. The van der Waals surface area contributed by atoms with Gasteiger partial charge in [0.15, 0.2) is 0 Å². The van der Waals surface area contributed by atoms with E-state index in [0.717, 1.165) is 29.7 Å². The molecule has 3 aliphatic rings. The number of aromatic nitrogens is 1. The van der Waals surface area contributed by atoms with Crippen LogP contribution >= 0.6 is 15.9 Å². The Hall–Kier alpha value is -1.92. The summed E-state index contributed by atoms with van der Waals surface area (Å²) in [5.74, 6) is 0.567. The Labute approximate surface area is 168 Å². The summed E-state index contributed by atoms with van der Waals surface area (Å²) in [4.78, 5) is 21.7. The number of benzene rings is 1. The minimum absolute atomic E-state index is 0.0349. The number of carbonyl (C=O) groups excluding carboxylic acids is 1. The van der Waals surface area contributed by atoms with Crippen LogP contribution in [0.2, 0.25) is 0 Å². The first-order valence-electron chi connectivity index (χ1n) is 9.54. The molecule has 3 saturated heterocycles. The standard InChI is InChI=1S/C21H25BrN4O/c1-25(21(27)24-18-6-4-17(22)5-7-18)20-16-8-11-26(12-9-16)19(20)13-15-3-2-10-23-14-15/h2-7,10,14,16,19-20H,8-9,11-13H2,1H3,(H,24,27). The van der Waals surface area contributed by atoms with E-state index in [2.05, 4.69) is 37.2 Å². The van der Waals surface area contributed by atoms with Gasteiger partial charge in [0.25, 0.3) is 0 Å². The second-order valence-electron chi connectivity index (χ2n) is 7.54. The summed E-state index contributed by atoms with van der Waals surface area (Å²) >= 11 is 3.43. The summed E-state index contributed by atoms with van der Waals surface area (Å²) in [5, 5.41) is 3.05. The molecule has 4 heterocycles. The van der Waals surface area contributed by atoms with Crippen LogP contribution < -0.4 is 5.32 Å². The molecule has 0 radical (unpaired) electrons. The zero-order valence-corrected chi connectivity index (χ0v) is 17.1. The number of hydrogen-bond donors (Lipinski definition) is 1. The van der Waals surface area contributed by atoms with E-state index in [0.29, 0.717) is 12.0 Å². The molecule has 0 spiro atoms. The van der Waals surface area contributed by atoms with Gasteiger partial charge in [-0.15, -0.1) is 0 Å². The highest BCUT2D eigenvalue weighted by Crippen LogP contribution is 2.36. The van der Waals surface area contributed by atoms with Gasteiger partial charge in [-0.05, 0) is 74.2 Å². The molecule has 5 rings (SSSR count). The van der Waals surface area contributed by atoms with Crippen LogP contribution in [0.15, 0.2) is 53.3 Å². The van der Waals surface area contributed by atoms with Crippen LogP contribution in [-0.4, -0.2) is 53.0 Å². The largest absolute Gasteiger partial charge is 0.323 e. The van der Waals surface area contributed by atoms with Gasteiger partial charge in [-0.1, -0.05) is 22.0 Å². The van der Waals surface area contributed by atoms with Crippen LogP contribution in [0, 0.1) is 5.92 Å². The van der Waals surface area contributed by atoms with Gasteiger partial charge in [0, 0.05) is 35.6 Å². The van der Waals surface area contributed by atoms with Crippen LogP contribution in [0.1, 0.15) is 18.4 Å². The lowest BCUT2D eigenvalue weighted by atomic mass is 9.76. The van der Waals surface area contributed by atoms with Crippen molar-refractivity contribution in [3.63, 3.8) is 0 Å². The molecule has 2 bridgehead atoms. The number of rotatable bonds is 4. The number of pyridine rings is 1. The number of amides is 2. The second-order valence-corrected chi connectivity index (χ2v) is 8.46. The lowest BCUT2D eigenvalue weighted by Gasteiger charge is -2.53. The molecule has 0 aliphatic carbocycles. The van der Waals surface area contributed by atoms with Crippen LogP contribution in [0.5, 0.6) is 0 Å². The minimum atomic E-state index is -0.0349. The van der Waals surface area contributed by atoms with Gasteiger partial charge in [-0.3, -0.25) is 9.88 Å². The number of likely N-dealkylation sites (N-methyl/N-ethyl adjacent to an activating group) is 1. The molecule has 1 aromatic carbocycles. The number of nitrogens with zero attached hydrogens (tertiary/aromatic N) is 3. The monoisotopic (exact) mass is 428 g/mol. The number of carbonyl (C=O) groups is 1. The van der Waals surface area contributed by atoms with E-state index in [4.69, 9.17) is 0 Å². The normalized spacial score (nSPS) is 26.6. The molecule has 27 heavy (non-hydrogen) atoms. The molecule has 0 saturated carbocycles. The highest BCUT2D eigenvalue weighted by molar-refractivity contribution is 9.10. The van der Waals surface area contributed by atoms with Crippen molar-refractivity contribution in [2.45, 2.75) is 31.3 Å². The SMILES string of the molecule is CN(C(=O)Nc1ccc(Br)cc1)C1C2CCN(CC2)C1Cc1cccnc1. The molecule has 2 amide bonds. The van der Waals surface area contributed by atoms with E-state index in [9.17, 15) is 4.79 Å². The summed E-state index contributed by atoms with van der Waals surface area (Å²) in [6.45, 7) is 2.27. The molecule has 142 valence electrons. The number of halogens is 1. The summed E-state index contributed by atoms with van der Waals surface area (Å²) in [6.07, 6.45) is 7.04. The fourth-order valence-electron chi connectivity index (χ4n) is 4.59. The Morgan fingerprint density at radius 1 is 1.26 bits per heavy atom. The van der Waals surface area contributed by atoms with Crippen molar-refractivity contribution >= 4 is 27.6 Å². The first kappa shape index (κ1) is 18.4. The number of anilines is 1. The smallest absolute Gasteiger partial charge is 0.321 e. The molecule has 1 N–H and O–H groups in total. The molecule has 2 atom stereocenters. The number of fused-ring (bicyclic) bond motifs is 3. The third-order valence-electron chi connectivity index (χ3n) is 5.95. The molecule has 3 aliphatic heterocycles. The van der Waals surface area contributed by atoms with Gasteiger partial charge in [-0.2, -0.15) is 0 Å². The predicted octanol–water partition coefficient (Wildman–Crippen LogP) is 4.01. The first-order valence-corrected chi connectivity index (χ1v) is 10.3. The Balaban J connectivity index is 1.51. The Morgan fingerprint density at radius 2 is 2.00 bits per heavy atom. The molecule has 3 fully saturated rings. The second kappa shape index (κ2) is 7.98. The number of nitrogens with one attached hydrogen (secondary N) is 1. The molecular formula is C21H25BrN4O. The topological polar surface area (TPSA) is 48.5 Å². The van der Waals surface area contributed by atoms with E-state index in [1.165, 1.54) is 18.4 Å². The number of piperidine rings is 3. The summed E-state index contributed by atoms with van der Waals surface area (Å²) < 4.78 is 1.00. The lowest BCUT2D eigenvalue weighted by Crippen LogP contribution is -2.64. The Kier molecular flexibility index (Phi) is 5.45. The lowest BCUT2D eigenvalue weighted by molar-refractivity contribution is -0.0198. The third-order valence-corrected chi connectivity index (χ3v) is 6.48. The van der Waals surface area contributed by atoms with Crippen molar-refractivity contribution in [2.75, 3.05) is 25.5 Å². The van der Waals surface area contributed by atoms with Crippen molar-refractivity contribution in [1.29, 1.82) is 0 Å². The van der Waals surface area contributed by atoms with Crippen LogP contribution in [-0.2, 0) is 6.42 Å². The van der Waals surface area contributed by atoms with E-state index in [1.54, 1.807) is 0 Å². The Bertz CT molecular complexity index is 775. The van der Waals surface area contributed by atoms with Gasteiger partial charge in [-0.25, -0.2) is 4.79 Å². The van der Waals surface area contributed by atoms with Gasteiger partial charge < -0.3 is 10.2 Å². The molecular weight excluding hydrogens is 404 g/mol. The maximum Gasteiger partial charge on any atom is 0.321 e. The molecule has 6 heteroatoms. The highest BCUT2D eigenvalue weighted by atomic mass is 79.9. The first-order chi connectivity index (χ1) is 13.1.